The van der Waals surface area contributed by atoms with Crippen molar-refractivity contribution in [3.05, 3.63) is 70.8 Å². The van der Waals surface area contributed by atoms with E-state index in [2.05, 4.69) is 29.7 Å². The number of carbonyl (C=O) groups excluding carboxylic acids is 2. The lowest BCUT2D eigenvalue weighted by Crippen LogP contribution is -2.28. The minimum atomic E-state index is -5.83. The van der Waals surface area contributed by atoms with Crippen LogP contribution >= 0.6 is 0 Å². The fourth-order valence-electron chi connectivity index (χ4n) is 3.22. The van der Waals surface area contributed by atoms with E-state index in [1.165, 1.54) is 18.2 Å². The van der Waals surface area contributed by atoms with Gasteiger partial charge >= 0.3 is 27.6 Å². The Balaban J connectivity index is 0.000000453. The van der Waals surface area contributed by atoms with Gasteiger partial charge in [0.2, 0.25) is 0 Å². The maximum Gasteiger partial charge on any atom is 0.534 e. The van der Waals surface area contributed by atoms with Gasteiger partial charge in [-0.1, -0.05) is 65.8 Å². The Bertz CT molecular complexity index is 1430. The highest BCUT2D eigenvalue weighted by Gasteiger charge is 2.48. The van der Waals surface area contributed by atoms with Crippen LogP contribution in [-0.4, -0.2) is 44.2 Å². The van der Waals surface area contributed by atoms with Crippen LogP contribution in [0.2, 0.25) is 0 Å². The molecule has 12 heteroatoms. The lowest BCUT2D eigenvalue weighted by atomic mass is 9.86. The summed E-state index contributed by atoms with van der Waals surface area (Å²) in [6.07, 6.45) is 4.98. The van der Waals surface area contributed by atoms with Crippen molar-refractivity contribution in [2.24, 2.45) is 0 Å². The number of aromatic hydroxyl groups is 1. The van der Waals surface area contributed by atoms with Crippen molar-refractivity contribution in [1.82, 2.24) is 0 Å². The van der Waals surface area contributed by atoms with E-state index in [1.54, 1.807) is 58.9 Å². The van der Waals surface area contributed by atoms with Gasteiger partial charge in [-0.05, 0) is 60.1 Å². The summed E-state index contributed by atoms with van der Waals surface area (Å²) in [6.45, 7) is 15.5. The second-order valence-corrected chi connectivity index (χ2v) is 12.7. The van der Waals surface area contributed by atoms with E-state index >= 15 is 0 Å². The molecule has 0 heterocycles. The van der Waals surface area contributed by atoms with E-state index in [-0.39, 0.29) is 23.3 Å². The Morgan fingerprint density at radius 2 is 1.19 bits per heavy atom. The maximum atomic E-state index is 12.6. The van der Waals surface area contributed by atoms with Gasteiger partial charge in [0.25, 0.3) is 0 Å². The molecule has 0 aliphatic heterocycles. The van der Waals surface area contributed by atoms with Crippen molar-refractivity contribution >= 4 is 34.2 Å². The molecule has 0 bridgehead atoms. The SMILES string of the molecule is CCOC(=O)C=Cc1ccc(C(C)(C)C)cc1O.CCOC(=O)C=Cc1ccc(C(C)(C)C)cc1OS(=O)(=O)C(F)(F)F. The summed E-state index contributed by atoms with van der Waals surface area (Å²) in [4.78, 5) is 22.5. The molecular formula is C31H39F3O8S. The second-order valence-electron chi connectivity index (χ2n) is 11.2. The molecule has 0 unspecified atom stereocenters. The number of phenolic OH excluding ortho intramolecular Hbond substituents is 1. The molecule has 0 saturated heterocycles. The molecule has 0 aliphatic carbocycles. The Labute approximate surface area is 251 Å². The Morgan fingerprint density at radius 1 is 0.767 bits per heavy atom. The number of esters is 2. The number of halogens is 3. The molecular weight excluding hydrogens is 589 g/mol. The minimum absolute atomic E-state index is 0.00567. The van der Waals surface area contributed by atoms with Crippen LogP contribution in [0.5, 0.6) is 11.5 Å². The molecule has 2 aromatic rings. The number of rotatable bonds is 8. The summed E-state index contributed by atoms with van der Waals surface area (Å²) >= 11 is 0. The first kappa shape index (κ1) is 37.2. The monoisotopic (exact) mass is 628 g/mol. The first-order valence-corrected chi connectivity index (χ1v) is 14.7. The molecule has 0 aliphatic rings. The third kappa shape index (κ3) is 12.1. The molecule has 0 saturated carbocycles. The Kier molecular flexibility index (Phi) is 13.1. The molecule has 0 amide bonds. The molecule has 43 heavy (non-hydrogen) atoms. The Hall–Kier alpha value is -3.80. The summed E-state index contributed by atoms with van der Waals surface area (Å²) in [5.74, 6) is -1.47. The summed E-state index contributed by atoms with van der Waals surface area (Å²) in [6, 6.07) is 9.66. The molecule has 0 radical (unpaired) electrons. The number of hydrogen-bond acceptors (Lipinski definition) is 8. The quantitative estimate of drug-likeness (QED) is 0.143. The van der Waals surface area contributed by atoms with Crippen LogP contribution in [0.25, 0.3) is 12.2 Å². The number of ether oxygens (including phenoxy) is 2. The van der Waals surface area contributed by atoms with E-state index in [1.807, 2.05) is 6.07 Å². The van der Waals surface area contributed by atoms with Crippen LogP contribution in [0.15, 0.2) is 48.6 Å². The van der Waals surface area contributed by atoms with Gasteiger partial charge in [-0.15, -0.1) is 0 Å². The van der Waals surface area contributed by atoms with Crippen LogP contribution in [0, 0.1) is 0 Å². The molecule has 1 N–H and O–H groups in total. The van der Waals surface area contributed by atoms with Gasteiger partial charge in [0.15, 0.2) is 0 Å². The number of carbonyl (C=O) groups is 2. The highest BCUT2D eigenvalue weighted by Crippen LogP contribution is 2.33. The van der Waals surface area contributed by atoms with Crippen molar-refractivity contribution in [3.63, 3.8) is 0 Å². The molecule has 238 valence electrons. The Morgan fingerprint density at radius 3 is 1.58 bits per heavy atom. The van der Waals surface area contributed by atoms with Crippen LogP contribution in [-0.2, 0) is 40.0 Å². The zero-order valence-electron chi connectivity index (χ0n) is 25.5. The van der Waals surface area contributed by atoms with Gasteiger partial charge in [0.1, 0.15) is 11.5 Å². The van der Waals surface area contributed by atoms with E-state index in [0.717, 1.165) is 17.7 Å². The summed E-state index contributed by atoms with van der Waals surface area (Å²) in [7, 11) is -5.83. The van der Waals surface area contributed by atoms with Gasteiger partial charge in [0.05, 0.1) is 13.2 Å². The van der Waals surface area contributed by atoms with E-state index in [0.29, 0.717) is 17.7 Å². The molecule has 2 rings (SSSR count). The van der Waals surface area contributed by atoms with E-state index in [4.69, 9.17) is 4.74 Å². The topological polar surface area (TPSA) is 116 Å². The third-order valence-corrected chi connectivity index (χ3v) is 6.60. The zero-order valence-corrected chi connectivity index (χ0v) is 26.4. The highest BCUT2D eigenvalue weighted by molar-refractivity contribution is 7.88. The van der Waals surface area contributed by atoms with Crippen molar-refractivity contribution in [2.45, 2.75) is 71.7 Å². The fourth-order valence-corrected chi connectivity index (χ4v) is 3.70. The van der Waals surface area contributed by atoms with Crippen LogP contribution in [0.4, 0.5) is 13.2 Å². The van der Waals surface area contributed by atoms with Crippen LogP contribution in [0.1, 0.15) is 77.6 Å². The van der Waals surface area contributed by atoms with Crippen LogP contribution in [0.3, 0.4) is 0 Å². The molecule has 8 nitrogen and oxygen atoms in total. The smallest absolute Gasteiger partial charge is 0.507 e. The number of benzene rings is 2. The maximum absolute atomic E-state index is 12.6. The first-order chi connectivity index (χ1) is 19.6. The molecule has 2 aromatic carbocycles. The lowest BCUT2D eigenvalue weighted by Gasteiger charge is -2.21. The minimum Gasteiger partial charge on any atom is -0.507 e. The zero-order chi connectivity index (χ0) is 33.2. The predicted molar refractivity (Wildman–Crippen MR) is 159 cm³/mol. The number of alkyl halides is 3. The molecule has 0 fully saturated rings. The van der Waals surface area contributed by atoms with Gasteiger partial charge < -0.3 is 18.8 Å². The average molecular weight is 629 g/mol. The van der Waals surface area contributed by atoms with Crippen molar-refractivity contribution in [1.29, 1.82) is 0 Å². The van der Waals surface area contributed by atoms with Crippen LogP contribution < -0.4 is 4.18 Å². The third-order valence-electron chi connectivity index (χ3n) is 5.63. The largest absolute Gasteiger partial charge is 0.534 e. The summed E-state index contributed by atoms with van der Waals surface area (Å²) in [5.41, 5.74) is -3.82. The predicted octanol–water partition coefficient (Wildman–Crippen LogP) is 7.05. The molecule has 0 aromatic heterocycles. The normalized spacial score (nSPS) is 12.5. The van der Waals surface area contributed by atoms with Crippen molar-refractivity contribution in [2.75, 3.05) is 13.2 Å². The van der Waals surface area contributed by atoms with E-state index in [9.17, 15) is 36.3 Å². The van der Waals surface area contributed by atoms with Gasteiger partial charge in [0, 0.05) is 23.3 Å². The fraction of sp³-hybridized carbons (Fsp3) is 0.419. The standard InChI is InChI=1S/C16H19F3O5S.C15H20O3/c1-5-23-14(20)9-7-11-6-8-12(15(2,3)4)10-13(11)24-25(21,22)16(17,18)19;1-5-18-14(17)9-7-11-6-8-12(10-13(11)16)15(2,3)4/h6-10H,5H2,1-4H3;6-10,16H,5H2,1-4H3. The molecule has 0 atom stereocenters. The summed E-state index contributed by atoms with van der Waals surface area (Å²) < 4.78 is 74.1. The summed E-state index contributed by atoms with van der Waals surface area (Å²) in [5, 5.41) is 9.89. The van der Waals surface area contributed by atoms with Gasteiger partial charge in [-0.25, -0.2) is 9.59 Å². The number of hydrogen-bond donors (Lipinski definition) is 1. The van der Waals surface area contributed by atoms with Gasteiger partial charge in [-0.3, -0.25) is 0 Å². The van der Waals surface area contributed by atoms with Crippen molar-refractivity contribution in [3.8, 4) is 11.5 Å². The average Bonchev–Trinajstić information content (AvgIpc) is 2.86. The second kappa shape index (κ2) is 15.1. The highest BCUT2D eigenvalue weighted by atomic mass is 32.2. The number of phenols is 1. The molecule has 0 spiro atoms. The lowest BCUT2D eigenvalue weighted by molar-refractivity contribution is -0.138. The van der Waals surface area contributed by atoms with E-state index < -0.39 is 38.7 Å². The van der Waals surface area contributed by atoms with Crippen molar-refractivity contribution < 1.29 is 49.9 Å². The van der Waals surface area contributed by atoms with Gasteiger partial charge in [-0.2, -0.15) is 21.6 Å². The first-order valence-electron chi connectivity index (χ1n) is 13.3.